The molecule has 0 amide bonds. The van der Waals surface area contributed by atoms with E-state index in [9.17, 15) is 5.26 Å². The van der Waals surface area contributed by atoms with Crippen molar-refractivity contribution in [3.05, 3.63) is 0 Å². The van der Waals surface area contributed by atoms with Gasteiger partial charge in [-0.2, -0.15) is 0 Å². The van der Waals surface area contributed by atoms with Crippen molar-refractivity contribution in [3.63, 3.8) is 0 Å². The zero-order valence-electron chi connectivity index (χ0n) is 12.8. The Bertz CT molecular complexity index is 277. The fourth-order valence-electron chi connectivity index (χ4n) is 2.64. The Morgan fingerprint density at radius 1 is 1.05 bits per heavy atom. The van der Waals surface area contributed by atoms with E-state index >= 15 is 0 Å². The predicted molar refractivity (Wildman–Crippen MR) is 84.3 cm³/mol. The SMILES string of the molecule is CCC[CH2][Pb]([CH2]CCC)([CH2]CCC)[N](C#N)C(=N)N. The third-order valence-electron chi connectivity index (χ3n) is 3.80. The molecule has 4 nitrogen and oxygen atoms in total. The van der Waals surface area contributed by atoms with Crippen molar-refractivity contribution >= 4 is 27.4 Å². The Hall–Kier alpha value is -0.318. The molecule has 0 saturated heterocycles. The Balaban J connectivity index is 5.17. The van der Waals surface area contributed by atoms with Crippen LogP contribution in [0.2, 0.25) is 11.9 Å². The Labute approximate surface area is 123 Å². The van der Waals surface area contributed by atoms with Crippen molar-refractivity contribution in [1.82, 2.24) is 2.71 Å². The first-order valence-electron chi connectivity index (χ1n) is 7.62. The standard InChI is InChI=1S/3C4H9.C2H3N4.Pb/c3*1-3-4-2;3-1-6-2(4)5;/h3*1,3-4H2,2H3;(H3-,4,5,6);/q;;;-1;+1. The summed E-state index contributed by atoms with van der Waals surface area (Å²) in [4.78, 5) is 0. The second-order valence-corrected chi connectivity index (χ2v) is 22.4. The van der Waals surface area contributed by atoms with E-state index in [1.807, 2.05) is 0 Å². The predicted octanol–water partition coefficient (Wildman–Crippen LogP) is 4.01. The first-order chi connectivity index (χ1) is 9.07. The molecule has 0 radical (unpaired) electrons. The van der Waals surface area contributed by atoms with E-state index in [0.29, 0.717) is 0 Å². The molecule has 0 aliphatic rings. The van der Waals surface area contributed by atoms with Gasteiger partial charge in [0.25, 0.3) is 0 Å². The fraction of sp³-hybridized carbons (Fsp3) is 0.857. The molecule has 0 atom stereocenters. The number of nitrogens with two attached hydrogens (primary N) is 1. The number of unbranched alkanes of at least 4 members (excludes halogenated alkanes) is 3. The molecule has 110 valence electrons. The number of hydrogen-bond donors (Lipinski definition) is 2. The van der Waals surface area contributed by atoms with Gasteiger partial charge in [0.05, 0.1) is 0 Å². The summed E-state index contributed by atoms with van der Waals surface area (Å²) in [5, 5.41) is 17.2. The zero-order valence-corrected chi connectivity index (χ0v) is 16.7. The molecule has 3 N–H and O–H groups in total. The molecule has 0 aromatic carbocycles. The van der Waals surface area contributed by atoms with Crippen LogP contribution in [-0.2, 0) is 0 Å². The molecule has 0 fully saturated rings. The van der Waals surface area contributed by atoms with E-state index in [4.69, 9.17) is 11.1 Å². The molecule has 0 aromatic rings. The number of nitrogens with zero attached hydrogens (tertiary/aromatic N) is 2. The van der Waals surface area contributed by atoms with Crippen LogP contribution in [0.5, 0.6) is 0 Å². The fourth-order valence-corrected chi connectivity index (χ4v) is 22.8. The van der Waals surface area contributed by atoms with Crippen LogP contribution in [0.4, 0.5) is 0 Å². The Morgan fingerprint density at radius 2 is 1.42 bits per heavy atom. The maximum absolute atomic E-state index is 9.44. The molecule has 0 saturated carbocycles. The maximum atomic E-state index is 9.44. The summed E-state index contributed by atoms with van der Waals surface area (Å²) in [7, 11) is 0. The molecule has 0 rings (SSSR count). The van der Waals surface area contributed by atoms with Gasteiger partial charge < -0.3 is 0 Å². The molecule has 0 spiro atoms. The third-order valence-corrected chi connectivity index (χ3v) is 23.8. The number of nitrogens with one attached hydrogen (secondary N) is 1. The van der Waals surface area contributed by atoms with Crippen molar-refractivity contribution in [1.29, 1.82) is 10.7 Å². The van der Waals surface area contributed by atoms with Crippen molar-refractivity contribution in [2.24, 2.45) is 5.73 Å². The van der Waals surface area contributed by atoms with Crippen LogP contribution in [-0.4, -0.2) is 30.1 Å². The Morgan fingerprint density at radius 3 is 1.63 bits per heavy atom. The quantitative estimate of drug-likeness (QED) is 0.170. The van der Waals surface area contributed by atoms with Gasteiger partial charge in [-0.05, 0) is 0 Å². The van der Waals surface area contributed by atoms with Gasteiger partial charge in [0, 0.05) is 0 Å². The second-order valence-electron chi connectivity index (χ2n) is 5.36. The molecule has 0 unspecified atom stereocenters. The van der Waals surface area contributed by atoms with Gasteiger partial charge in [0.2, 0.25) is 0 Å². The summed E-state index contributed by atoms with van der Waals surface area (Å²) in [5.74, 6) is -0.00697. The van der Waals surface area contributed by atoms with Gasteiger partial charge in [-0.1, -0.05) is 0 Å². The molecule has 0 heterocycles. The van der Waals surface area contributed by atoms with Crippen molar-refractivity contribution in [2.75, 3.05) is 0 Å². The van der Waals surface area contributed by atoms with Crippen molar-refractivity contribution < 1.29 is 0 Å². The summed E-state index contributed by atoms with van der Waals surface area (Å²) in [6, 6.07) is 0. The number of rotatable bonds is 10. The van der Waals surface area contributed by atoms with E-state index in [2.05, 4.69) is 27.0 Å². The molecular weight excluding hydrogens is 431 g/mol. The average molecular weight is 462 g/mol. The summed E-state index contributed by atoms with van der Waals surface area (Å²) >= 11 is -2.95. The van der Waals surface area contributed by atoms with Crippen LogP contribution in [0.25, 0.3) is 0 Å². The monoisotopic (exact) mass is 462 g/mol. The topological polar surface area (TPSA) is 76.9 Å². The van der Waals surface area contributed by atoms with Crippen molar-refractivity contribution in [2.45, 2.75) is 71.2 Å². The Kier molecular flexibility index (Phi) is 10.3. The number of guanidine groups is 1. The average Bonchev–Trinajstić information content (AvgIpc) is 2.40. The molecule has 0 aliphatic carbocycles. The van der Waals surface area contributed by atoms with Crippen LogP contribution in [0.3, 0.4) is 0 Å². The first kappa shape index (κ1) is 18.7. The van der Waals surface area contributed by atoms with E-state index in [-0.39, 0.29) is 5.96 Å². The first-order valence-corrected chi connectivity index (χ1v) is 17.6. The molecule has 19 heavy (non-hydrogen) atoms. The molecule has 5 heteroatoms. The minimum atomic E-state index is -2.95. The normalized spacial score (nSPS) is 11.1. The van der Waals surface area contributed by atoms with Crippen LogP contribution >= 0.6 is 0 Å². The van der Waals surface area contributed by atoms with Crippen LogP contribution in [0.15, 0.2) is 0 Å². The van der Waals surface area contributed by atoms with E-state index in [1.54, 1.807) is 2.71 Å². The van der Waals surface area contributed by atoms with Crippen molar-refractivity contribution in [3.8, 4) is 6.19 Å². The van der Waals surface area contributed by atoms with Crippen LogP contribution in [0, 0.1) is 16.9 Å². The van der Waals surface area contributed by atoms with Crippen LogP contribution < -0.4 is 5.73 Å². The van der Waals surface area contributed by atoms with Gasteiger partial charge in [0.1, 0.15) is 0 Å². The number of nitriles is 1. The van der Waals surface area contributed by atoms with Gasteiger partial charge in [0.15, 0.2) is 0 Å². The minimum absolute atomic E-state index is 0.00697. The molecular formula is C14H30N4Pb. The summed E-state index contributed by atoms with van der Waals surface area (Å²) in [6.45, 7) is 6.59. The van der Waals surface area contributed by atoms with E-state index in [0.717, 1.165) is 19.3 Å². The van der Waals surface area contributed by atoms with Crippen LogP contribution in [0.1, 0.15) is 59.3 Å². The second kappa shape index (κ2) is 10.5. The van der Waals surface area contributed by atoms with Gasteiger partial charge >= 0.3 is 124 Å². The van der Waals surface area contributed by atoms with Gasteiger partial charge in [-0.25, -0.2) is 0 Å². The molecule has 0 aromatic heterocycles. The van der Waals surface area contributed by atoms with E-state index in [1.165, 1.54) is 31.2 Å². The summed E-state index contributed by atoms with van der Waals surface area (Å²) in [5.41, 5.74) is 5.69. The number of hydrogen-bond acceptors (Lipinski definition) is 2. The van der Waals surface area contributed by atoms with Gasteiger partial charge in [-0.3, -0.25) is 0 Å². The molecule has 0 aliphatic heterocycles. The molecule has 0 bridgehead atoms. The zero-order chi connectivity index (χ0) is 14.7. The van der Waals surface area contributed by atoms with Gasteiger partial charge in [-0.15, -0.1) is 0 Å². The summed E-state index contributed by atoms with van der Waals surface area (Å²) < 4.78 is 5.22. The third kappa shape index (κ3) is 6.11. The van der Waals surface area contributed by atoms with E-state index < -0.39 is 21.5 Å². The summed E-state index contributed by atoms with van der Waals surface area (Å²) in [6.07, 6.45) is 9.29.